The van der Waals surface area contributed by atoms with E-state index in [1.807, 2.05) is 0 Å². The molecule has 7 nitrogen and oxygen atoms in total. The molecule has 2 heterocycles. The lowest BCUT2D eigenvalue weighted by Crippen LogP contribution is -2.27. The van der Waals surface area contributed by atoms with Crippen LogP contribution in [0, 0.1) is 13.8 Å². The molecule has 144 valence electrons. The van der Waals surface area contributed by atoms with E-state index in [0.29, 0.717) is 17.5 Å². The first-order valence-electron chi connectivity index (χ1n) is 7.54. The summed E-state index contributed by atoms with van der Waals surface area (Å²) >= 11 is 5.58. The summed E-state index contributed by atoms with van der Waals surface area (Å²) in [6.45, 7) is 3.16. The maximum Gasteiger partial charge on any atom is 0.417 e. The Morgan fingerprint density at radius 2 is 1.89 bits per heavy atom. The predicted octanol–water partition coefficient (Wildman–Crippen LogP) is 2.89. The van der Waals surface area contributed by atoms with Gasteiger partial charge in [-0.15, -0.1) is 10.2 Å². The van der Waals surface area contributed by atoms with E-state index in [2.05, 4.69) is 19.9 Å². The summed E-state index contributed by atoms with van der Waals surface area (Å²) in [5, 5.41) is 7.49. The van der Waals surface area contributed by atoms with Crippen LogP contribution in [0.3, 0.4) is 0 Å². The van der Waals surface area contributed by atoms with Crippen molar-refractivity contribution in [3.63, 3.8) is 0 Å². The second-order valence-electron chi connectivity index (χ2n) is 5.75. The molecule has 0 bridgehead atoms. The Morgan fingerprint density at radius 1 is 1.19 bits per heavy atom. The number of aromatic nitrogens is 4. The van der Waals surface area contributed by atoms with Crippen LogP contribution in [-0.2, 0) is 22.7 Å². The van der Waals surface area contributed by atoms with E-state index in [4.69, 9.17) is 11.6 Å². The number of aryl methyl sites for hydroxylation is 2. The third-order valence-electron chi connectivity index (χ3n) is 3.72. The van der Waals surface area contributed by atoms with E-state index in [9.17, 15) is 21.6 Å². The Labute approximate surface area is 157 Å². The molecule has 12 heteroatoms. The number of halogens is 4. The van der Waals surface area contributed by atoms with Gasteiger partial charge in [-0.1, -0.05) is 11.6 Å². The Balaban J connectivity index is 1.96. The van der Waals surface area contributed by atoms with Gasteiger partial charge < -0.3 is 0 Å². The first-order valence-corrected chi connectivity index (χ1v) is 9.40. The summed E-state index contributed by atoms with van der Waals surface area (Å²) in [5.41, 5.74) is 0.0664. The van der Waals surface area contributed by atoms with E-state index in [0.717, 1.165) is 12.1 Å². The van der Waals surface area contributed by atoms with Crippen molar-refractivity contribution < 1.29 is 21.6 Å². The van der Waals surface area contributed by atoms with E-state index >= 15 is 0 Å². The van der Waals surface area contributed by atoms with Crippen LogP contribution in [0.5, 0.6) is 0 Å². The van der Waals surface area contributed by atoms with Crippen molar-refractivity contribution in [2.45, 2.75) is 31.5 Å². The summed E-state index contributed by atoms with van der Waals surface area (Å²) in [7, 11) is -4.49. The average Bonchev–Trinajstić information content (AvgIpc) is 2.95. The van der Waals surface area contributed by atoms with Crippen molar-refractivity contribution in [1.82, 2.24) is 24.3 Å². The molecule has 3 aromatic rings. The third kappa shape index (κ3) is 3.89. The molecule has 0 aliphatic carbocycles. The minimum absolute atomic E-state index is 0.195. The second kappa shape index (κ2) is 6.73. The highest BCUT2D eigenvalue weighted by Crippen LogP contribution is 2.35. The zero-order valence-electron chi connectivity index (χ0n) is 14.0. The standard InChI is InChI=1S/C15H13ClF3N5O2S/c1-8-5-9(2)24-13(22-23-14(24)21-8)7-20-27(25,26)12-4-3-10(16)6-11(12)15(17,18)19/h3-6,20H,7H2,1-2H3. The molecule has 0 saturated carbocycles. The quantitative estimate of drug-likeness (QED) is 0.702. The van der Waals surface area contributed by atoms with Crippen LogP contribution >= 0.6 is 11.6 Å². The zero-order valence-corrected chi connectivity index (χ0v) is 15.6. The maximum atomic E-state index is 13.2. The van der Waals surface area contributed by atoms with Gasteiger partial charge >= 0.3 is 6.18 Å². The molecule has 0 atom stereocenters. The summed E-state index contributed by atoms with van der Waals surface area (Å²) in [5.74, 6) is 0.463. The SMILES string of the molecule is Cc1cc(C)n2c(CNS(=O)(=O)c3ccc(Cl)cc3C(F)(F)F)nnc2n1. The van der Waals surface area contributed by atoms with Crippen molar-refractivity contribution in [3.8, 4) is 0 Å². The first kappa shape index (κ1) is 19.5. The predicted molar refractivity (Wildman–Crippen MR) is 90.7 cm³/mol. The van der Waals surface area contributed by atoms with Gasteiger partial charge in [-0.25, -0.2) is 18.1 Å². The Morgan fingerprint density at radius 3 is 2.56 bits per heavy atom. The summed E-state index contributed by atoms with van der Waals surface area (Å²) in [6.07, 6.45) is -4.88. The Kier molecular flexibility index (Phi) is 4.87. The molecule has 27 heavy (non-hydrogen) atoms. The van der Waals surface area contributed by atoms with Crippen LogP contribution in [0.1, 0.15) is 22.8 Å². The number of alkyl halides is 3. The molecule has 1 aromatic carbocycles. The molecule has 3 rings (SSSR count). The highest BCUT2D eigenvalue weighted by atomic mass is 35.5. The van der Waals surface area contributed by atoms with Gasteiger partial charge in [0, 0.05) is 16.4 Å². The van der Waals surface area contributed by atoms with Crippen molar-refractivity contribution in [3.05, 3.63) is 52.1 Å². The van der Waals surface area contributed by atoms with E-state index < -0.39 is 26.7 Å². The monoisotopic (exact) mass is 419 g/mol. The molecule has 0 saturated heterocycles. The van der Waals surface area contributed by atoms with Gasteiger partial charge in [-0.3, -0.25) is 4.40 Å². The lowest BCUT2D eigenvalue weighted by atomic mass is 10.2. The van der Waals surface area contributed by atoms with Crippen LogP contribution in [0.25, 0.3) is 5.78 Å². The fraction of sp³-hybridized carbons (Fsp3) is 0.267. The van der Waals surface area contributed by atoms with Gasteiger partial charge in [-0.2, -0.15) is 13.2 Å². The van der Waals surface area contributed by atoms with Crippen LogP contribution in [-0.4, -0.2) is 28.0 Å². The number of nitrogens with zero attached hydrogens (tertiary/aromatic N) is 4. The third-order valence-corrected chi connectivity index (χ3v) is 5.41. The average molecular weight is 420 g/mol. The first-order chi connectivity index (χ1) is 12.5. The second-order valence-corrected chi connectivity index (χ2v) is 7.93. The van der Waals surface area contributed by atoms with Gasteiger partial charge in [0.25, 0.3) is 5.78 Å². The smallest absolute Gasteiger partial charge is 0.266 e. The van der Waals surface area contributed by atoms with Gasteiger partial charge in [0.15, 0.2) is 5.82 Å². The number of hydrogen-bond acceptors (Lipinski definition) is 5. The molecular weight excluding hydrogens is 407 g/mol. The molecule has 0 aliphatic heterocycles. The lowest BCUT2D eigenvalue weighted by Gasteiger charge is -2.14. The van der Waals surface area contributed by atoms with Gasteiger partial charge in [0.05, 0.1) is 17.0 Å². The number of fused-ring (bicyclic) bond motifs is 1. The molecule has 0 aliphatic rings. The van der Waals surface area contributed by atoms with Crippen molar-refractivity contribution >= 4 is 27.4 Å². The van der Waals surface area contributed by atoms with Crippen LogP contribution in [0.4, 0.5) is 13.2 Å². The molecule has 0 fully saturated rings. The van der Waals surface area contributed by atoms with Crippen molar-refractivity contribution in [2.75, 3.05) is 0 Å². The van der Waals surface area contributed by atoms with Crippen LogP contribution in [0.2, 0.25) is 5.02 Å². The number of benzene rings is 1. The Hall–Kier alpha value is -2.24. The largest absolute Gasteiger partial charge is 0.417 e. The van der Waals surface area contributed by atoms with E-state index in [1.165, 1.54) is 4.40 Å². The van der Waals surface area contributed by atoms with Crippen molar-refractivity contribution in [2.24, 2.45) is 0 Å². The minimum atomic E-state index is -4.88. The number of nitrogens with one attached hydrogen (secondary N) is 1. The normalized spacial score (nSPS) is 12.7. The highest BCUT2D eigenvalue weighted by Gasteiger charge is 2.37. The van der Waals surface area contributed by atoms with Gasteiger partial charge in [0.1, 0.15) is 0 Å². The number of sulfonamides is 1. The molecular formula is C15H13ClF3N5O2S. The number of hydrogen-bond donors (Lipinski definition) is 1. The highest BCUT2D eigenvalue weighted by molar-refractivity contribution is 7.89. The van der Waals surface area contributed by atoms with Crippen LogP contribution < -0.4 is 4.72 Å². The summed E-state index contributed by atoms with van der Waals surface area (Å²) < 4.78 is 68.1. The molecule has 2 aromatic heterocycles. The fourth-order valence-corrected chi connectivity index (χ4v) is 3.97. The topological polar surface area (TPSA) is 89.2 Å². The van der Waals surface area contributed by atoms with E-state index in [-0.39, 0.29) is 23.2 Å². The summed E-state index contributed by atoms with van der Waals surface area (Å²) in [6, 6.07) is 4.20. The summed E-state index contributed by atoms with van der Waals surface area (Å²) in [4.78, 5) is 3.25. The maximum absolute atomic E-state index is 13.2. The number of rotatable bonds is 4. The molecule has 0 radical (unpaired) electrons. The zero-order chi connectivity index (χ0) is 20.0. The minimum Gasteiger partial charge on any atom is -0.266 e. The Bertz CT molecular complexity index is 1130. The lowest BCUT2D eigenvalue weighted by molar-refractivity contribution is -0.139. The van der Waals surface area contributed by atoms with Gasteiger partial charge in [0.2, 0.25) is 10.0 Å². The molecule has 0 spiro atoms. The van der Waals surface area contributed by atoms with E-state index in [1.54, 1.807) is 19.9 Å². The molecule has 0 amide bonds. The van der Waals surface area contributed by atoms with Crippen LogP contribution in [0.15, 0.2) is 29.2 Å². The van der Waals surface area contributed by atoms with Gasteiger partial charge in [-0.05, 0) is 38.1 Å². The molecule has 1 N–H and O–H groups in total. The molecule has 0 unspecified atom stereocenters. The van der Waals surface area contributed by atoms with Crippen molar-refractivity contribution in [1.29, 1.82) is 0 Å². The fourth-order valence-electron chi connectivity index (χ4n) is 2.61.